The number of rotatable bonds is 9. The molecule has 2 aromatic carbocycles. The molecule has 0 radical (unpaired) electrons. The van der Waals surface area contributed by atoms with Gasteiger partial charge in [-0.1, -0.05) is 53.5 Å². The minimum atomic E-state index is -0.767. The zero-order valence-corrected chi connectivity index (χ0v) is 22.2. The Balaban J connectivity index is 1.13. The minimum absolute atomic E-state index is 0.00263. The highest BCUT2D eigenvalue weighted by atomic mass is 35.5. The van der Waals surface area contributed by atoms with Crippen molar-refractivity contribution in [3.05, 3.63) is 69.4 Å². The lowest BCUT2D eigenvalue weighted by molar-refractivity contribution is -0.137. The van der Waals surface area contributed by atoms with Crippen LogP contribution in [0.2, 0.25) is 10.0 Å². The molecule has 1 N–H and O–H groups in total. The number of anilines is 1. The lowest BCUT2D eigenvalue weighted by Crippen LogP contribution is -2.38. The van der Waals surface area contributed by atoms with Gasteiger partial charge in [0, 0.05) is 41.2 Å². The summed E-state index contributed by atoms with van der Waals surface area (Å²) in [6.07, 6.45) is 4.64. The number of carboxylic acids is 1. The van der Waals surface area contributed by atoms with E-state index in [1.165, 1.54) is 5.69 Å². The zero-order chi connectivity index (χ0) is 25.7. The summed E-state index contributed by atoms with van der Waals surface area (Å²) in [7, 11) is 0. The third-order valence-corrected chi connectivity index (χ3v) is 8.79. The standard InChI is InChI=1S/C29H30Cl2N2O4/c1-16(11-26(34)35)17-7-9-20(10-8-17)33-14-19-12-21(33)13-25(19)36-15-22-28(32-37-29(22)18-5-6-18)27-23(30)3-2-4-24(27)31/h2-4,7-10,16,18-19,21,25H,5-6,11-15H2,1H3,(H,34,35)/t16?,19-,21-,25+/m0/s1. The first-order valence-corrected chi connectivity index (χ1v) is 13.8. The van der Waals surface area contributed by atoms with Gasteiger partial charge in [0.25, 0.3) is 0 Å². The lowest BCUT2D eigenvalue weighted by Gasteiger charge is -2.33. The molecule has 2 aliphatic carbocycles. The lowest BCUT2D eigenvalue weighted by atomic mass is 9.97. The van der Waals surface area contributed by atoms with Crippen molar-refractivity contribution in [3.63, 3.8) is 0 Å². The van der Waals surface area contributed by atoms with Crippen LogP contribution in [0.3, 0.4) is 0 Å². The molecule has 0 spiro atoms. The third kappa shape index (κ3) is 4.87. The topological polar surface area (TPSA) is 75.8 Å². The molecule has 1 unspecified atom stereocenters. The molecule has 4 atom stereocenters. The molecule has 194 valence electrons. The molecule has 2 heterocycles. The Kier molecular flexibility index (Phi) is 6.68. The number of halogens is 2. The Labute approximate surface area is 226 Å². The molecule has 6 nitrogen and oxygen atoms in total. The van der Waals surface area contributed by atoms with Crippen LogP contribution in [0.25, 0.3) is 11.3 Å². The summed E-state index contributed by atoms with van der Waals surface area (Å²) in [5, 5.41) is 14.6. The molecule has 1 aromatic heterocycles. The summed E-state index contributed by atoms with van der Waals surface area (Å²) in [6, 6.07) is 14.3. The fraction of sp³-hybridized carbons (Fsp3) is 0.448. The molecule has 2 saturated carbocycles. The van der Waals surface area contributed by atoms with Crippen molar-refractivity contribution in [2.45, 2.75) is 69.6 Å². The Morgan fingerprint density at radius 1 is 1.16 bits per heavy atom. The number of hydrogen-bond donors (Lipinski definition) is 1. The van der Waals surface area contributed by atoms with Gasteiger partial charge in [-0.25, -0.2) is 0 Å². The Hall–Kier alpha value is -2.54. The predicted molar refractivity (Wildman–Crippen MR) is 143 cm³/mol. The van der Waals surface area contributed by atoms with Crippen molar-refractivity contribution in [2.24, 2.45) is 5.92 Å². The van der Waals surface area contributed by atoms with Crippen LogP contribution in [-0.4, -0.2) is 34.9 Å². The van der Waals surface area contributed by atoms with Crippen LogP contribution < -0.4 is 4.90 Å². The summed E-state index contributed by atoms with van der Waals surface area (Å²) < 4.78 is 12.3. The average molecular weight is 541 g/mol. The van der Waals surface area contributed by atoms with Crippen LogP contribution in [-0.2, 0) is 16.1 Å². The summed E-state index contributed by atoms with van der Waals surface area (Å²) in [5.74, 6) is 1.01. The van der Waals surface area contributed by atoms with Crippen molar-refractivity contribution in [1.29, 1.82) is 0 Å². The molecule has 37 heavy (non-hydrogen) atoms. The van der Waals surface area contributed by atoms with Crippen molar-refractivity contribution >= 4 is 34.9 Å². The van der Waals surface area contributed by atoms with Gasteiger partial charge in [-0.05, 0) is 61.4 Å². The van der Waals surface area contributed by atoms with E-state index in [4.69, 9.17) is 37.6 Å². The van der Waals surface area contributed by atoms with Crippen LogP contribution in [0.1, 0.15) is 67.8 Å². The van der Waals surface area contributed by atoms with Gasteiger partial charge < -0.3 is 19.3 Å². The van der Waals surface area contributed by atoms with Crippen molar-refractivity contribution in [3.8, 4) is 11.3 Å². The van der Waals surface area contributed by atoms with E-state index in [1.54, 1.807) is 0 Å². The van der Waals surface area contributed by atoms with E-state index in [0.717, 1.165) is 49.1 Å². The van der Waals surface area contributed by atoms with E-state index in [9.17, 15) is 4.79 Å². The highest BCUT2D eigenvalue weighted by Gasteiger charge is 2.45. The summed E-state index contributed by atoms with van der Waals surface area (Å²) in [6.45, 7) is 3.36. The number of nitrogens with zero attached hydrogens (tertiary/aromatic N) is 2. The number of benzene rings is 2. The highest BCUT2D eigenvalue weighted by molar-refractivity contribution is 6.39. The van der Waals surface area contributed by atoms with Crippen LogP contribution >= 0.6 is 23.2 Å². The molecule has 3 aliphatic rings. The van der Waals surface area contributed by atoms with Gasteiger partial charge in [0.1, 0.15) is 11.5 Å². The normalized spacial score (nSPS) is 23.5. The maximum Gasteiger partial charge on any atom is 0.303 e. The minimum Gasteiger partial charge on any atom is -0.481 e. The number of piperidine rings is 1. The summed E-state index contributed by atoms with van der Waals surface area (Å²) in [5.41, 5.74) is 4.64. The first-order chi connectivity index (χ1) is 17.9. The van der Waals surface area contributed by atoms with E-state index >= 15 is 0 Å². The van der Waals surface area contributed by atoms with E-state index in [2.05, 4.69) is 34.3 Å². The van der Waals surface area contributed by atoms with E-state index in [0.29, 0.717) is 45.8 Å². The molecule has 2 bridgehead atoms. The molecule has 3 aromatic rings. The summed E-state index contributed by atoms with van der Waals surface area (Å²) in [4.78, 5) is 13.5. The number of ether oxygens (including phenoxy) is 1. The zero-order valence-electron chi connectivity index (χ0n) is 20.7. The number of carbonyl (C=O) groups is 1. The molecule has 3 fully saturated rings. The molecule has 8 heteroatoms. The average Bonchev–Trinajstić information content (AvgIpc) is 3.32. The second-order valence-electron chi connectivity index (χ2n) is 10.7. The monoisotopic (exact) mass is 540 g/mol. The van der Waals surface area contributed by atoms with Gasteiger partial charge in [0.2, 0.25) is 0 Å². The van der Waals surface area contributed by atoms with Gasteiger partial charge in [-0.2, -0.15) is 0 Å². The van der Waals surface area contributed by atoms with Gasteiger partial charge in [-0.15, -0.1) is 0 Å². The maximum atomic E-state index is 11.0. The number of carboxylic acid groups (broad SMARTS) is 1. The quantitative estimate of drug-likeness (QED) is 0.307. The number of aromatic nitrogens is 1. The van der Waals surface area contributed by atoms with Crippen LogP contribution in [0.15, 0.2) is 47.0 Å². The van der Waals surface area contributed by atoms with Crippen LogP contribution in [0.4, 0.5) is 5.69 Å². The molecule has 1 aliphatic heterocycles. The first-order valence-electron chi connectivity index (χ1n) is 13.0. The van der Waals surface area contributed by atoms with Crippen molar-refractivity contribution < 1.29 is 19.2 Å². The Bertz CT molecular complexity index is 1280. The Morgan fingerprint density at radius 2 is 1.89 bits per heavy atom. The molecule has 1 saturated heterocycles. The smallest absolute Gasteiger partial charge is 0.303 e. The van der Waals surface area contributed by atoms with E-state index < -0.39 is 5.97 Å². The first kappa shape index (κ1) is 24.8. The largest absolute Gasteiger partial charge is 0.481 e. The molecular formula is C29H30Cl2N2O4. The number of hydrogen-bond acceptors (Lipinski definition) is 5. The second kappa shape index (κ2) is 9.97. The third-order valence-electron chi connectivity index (χ3n) is 8.16. The van der Waals surface area contributed by atoms with Gasteiger partial charge in [0.05, 0.1) is 29.2 Å². The van der Waals surface area contributed by atoms with Crippen LogP contribution in [0.5, 0.6) is 0 Å². The molecular weight excluding hydrogens is 511 g/mol. The van der Waals surface area contributed by atoms with E-state index in [1.807, 2.05) is 25.1 Å². The van der Waals surface area contributed by atoms with Crippen molar-refractivity contribution in [2.75, 3.05) is 11.4 Å². The molecule has 6 rings (SSSR count). The Morgan fingerprint density at radius 3 is 2.51 bits per heavy atom. The predicted octanol–water partition coefficient (Wildman–Crippen LogP) is 7.29. The maximum absolute atomic E-state index is 11.0. The molecule has 0 amide bonds. The SMILES string of the molecule is CC(CC(=O)O)c1ccc(N2C[C@@H]3C[C@H]2C[C@H]3OCc2c(-c3c(Cl)cccc3Cl)noc2C2CC2)cc1. The highest BCUT2D eigenvalue weighted by Crippen LogP contribution is 2.47. The van der Waals surface area contributed by atoms with Gasteiger partial charge >= 0.3 is 5.97 Å². The van der Waals surface area contributed by atoms with Crippen LogP contribution in [0, 0.1) is 5.92 Å². The summed E-state index contributed by atoms with van der Waals surface area (Å²) >= 11 is 13.0. The number of aliphatic carboxylic acids is 1. The fourth-order valence-corrected chi connectivity index (χ4v) is 6.62. The number of fused-ring (bicyclic) bond motifs is 2. The fourth-order valence-electron chi connectivity index (χ4n) is 6.04. The van der Waals surface area contributed by atoms with Gasteiger partial charge in [0.15, 0.2) is 0 Å². The van der Waals surface area contributed by atoms with Gasteiger partial charge in [-0.3, -0.25) is 4.79 Å². The van der Waals surface area contributed by atoms with Crippen molar-refractivity contribution in [1.82, 2.24) is 5.16 Å². The van der Waals surface area contributed by atoms with E-state index in [-0.39, 0.29) is 18.4 Å². The second-order valence-corrected chi connectivity index (χ2v) is 11.5.